The highest BCUT2D eigenvalue weighted by molar-refractivity contribution is 5.96. The van der Waals surface area contributed by atoms with Crippen molar-refractivity contribution in [1.29, 1.82) is 0 Å². The molecule has 0 aromatic carbocycles. The predicted molar refractivity (Wildman–Crippen MR) is 74.7 cm³/mol. The second-order valence-electron chi connectivity index (χ2n) is 4.50. The molecule has 1 rings (SSSR count). The van der Waals surface area contributed by atoms with Crippen LogP contribution in [0.15, 0.2) is 12.3 Å². The normalized spacial score (nSPS) is 10.3. The molecule has 19 heavy (non-hydrogen) atoms. The Morgan fingerprint density at radius 3 is 2.32 bits per heavy atom. The van der Waals surface area contributed by atoms with Gasteiger partial charge in [0.2, 0.25) is 5.91 Å². The SMILES string of the molecule is CCN(CC)C(=O)CN(C)C(=O)c1cc(N)cn1C. The van der Waals surface area contributed by atoms with Crippen LogP contribution in [0.2, 0.25) is 0 Å². The van der Waals surface area contributed by atoms with E-state index in [1.54, 1.807) is 35.8 Å². The molecule has 6 heteroatoms. The maximum Gasteiger partial charge on any atom is 0.270 e. The minimum atomic E-state index is -0.209. The molecule has 0 atom stereocenters. The number of aryl methyl sites for hydroxylation is 1. The number of nitrogen functional groups attached to an aromatic ring is 1. The van der Waals surface area contributed by atoms with Crippen LogP contribution in [0.1, 0.15) is 24.3 Å². The molecule has 1 heterocycles. The Morgan fingerprint density at radius 2 is 1.89 bits per heavy atom. The summed E-state index contributed by atoms with van der Waals surface area (Å²) in [6.45, 7) is 5.21. The summed E-state index contributed by atoms with van der Waals surface area (Å²) in [7, 11) is 3.37. The second kappa shape index (κ2) is 6.26. The monoisotopic (exact) mass is 266 g/mol. The number of aromatic nitrogens is 1. The molecule has 0 radical (unpaired) electrons. The van der Waals surface area contributed by atoms with Crippen LogP contribution in [0.25, 0.3) is 0 Å². The van der Waals surface area contributed by atoms with Crippen LogP contribution in [0, 0.1) is 0 Å². The van der Waals surface area contributed by atoms with Crippen LogP contribution in [0.3, 0.4) is 0 Å². The van der Waals surface area contributed by atoms with Gasteiger partial charge in [-0.15, -0.1) is 0 Å². The number of nitrogens with two attached hydrogens (primary N) is 1. The number of carbonyl (C=O) groups is 2. The van der Waals surface area contributed by atoms with E-state index in [-0.39, 0.29) is 18.4 Å². The van der Waals surface area contributed by atoms with Crippen molar-refractivity contribution in [1.82, 2.24) is 14.4 Å². The molecule has 0 aliphatic heterocycles. The lowest BCUT2D eigenvalue weighted by Crippen LogP contribution is -2.41. The Hall–Kier alpha value is -1.98. The van der Waals surface area contributed by atoms with Gasteiger partial charge in [-0.3, -0.25) is 9.59 Å². The molecule has 0 fully saturated rings. The van der Waals surface area contributed by atoms with Crippen LogP contribution in [0.5, 0.6) is 0 Å². The second-order valence-corrected chi connectivity index (χ2v) is 4.50. The molecule has 0 aliphatic rings. The van der Waals surface area contributed by atoms with E-state index in [9.17, 15) is 9.59 Å². The molecular weight excluding hydrogens is 244 g/mol. The molecule has 2 N–H and O–H groups in total. The average molecular weight is 266 g/mol. The fourth-order valence-corrected chi connectivity index (χ4v) is 1.95. The van der Waals surface area contributed by atoms with Gasteiger partial charge in [0.25, 0.3) is 5.91 Å². The Kier molecular flexibility index (Phi) is 4.97. The van der Waals surface area contributed by atoms with Crippen molar-refractivity contribution in [3.05, 3.63) is 18.0 Å². The van der Waals surface area contributed by atoms with Gasteiger partial charge in [0.15, 0.2) is 0 Å². The van der Waals surface area contributed by atoms with Crippen LogP contribution < -0.4 is 5.73 Å². The predicted octanol–water partition coefficient (Wildman–Crippen LogP) is 0.548. The quantitative estimate of drug-likeness (QED) is 0.846. The lowest BCUT2D eigenvalue weighted by Gasteiger charge is -2.23. The van der Waals surface area contributed by atoms with E-state index in [1.165, 1.54) is 4.90 Å². The van der Waals surface area contributed by atoms with Crippen LogP contribution >= 0.6 is 0 Å². The maximum atomic E-state index is 12.2. The van der Waals surface area contributed by atoms with Gasteiger partial charge in [-0.2, -0.15) is 0 Å². The topological polar surface area (TPSA) is 71.6 Å². The minimum Gasteiger partial charge on any atom is -0.397 e. The number of likely N-dealkylation sites (N-methyl/N-ethyl adjacent to an activating group) is 2. The van der Waals surface area contributed by atoms with Crippen LogP contribution in [-0.4, -0.2) is 52.9 Å². The van der Waals surface area contributed by atoms with E-state index >= 15 is 0 Å². The Labute approximate surface area is 113 Å². The van der Waals surface area contributed by atoms with Gasteiger partial charge in [-0.25, -0.2) is 0 Å². The molecular formula is C13H22N4O2. The third-order valence-corrected chi connectivity index (χ3v) is 3.08. The van der Waals surface area contributed by atoms with Crippen molar-refractivity contribution in [2.24, 2.45) is 7.05 Å². The minimum absolute atomic E-state index is 0.0527. The van der Waals surface area contributed by atoms with E-state index in [0.717, 1.165) is 0 Å². The molecule has 0 unspecified atom stereocenters. The molecule has 0 bridgehead atoms. The van der Waals surface area contributed by atoms with Gasteiger partial charge >= 0.3 is 0 Å². The van der Waals surface area contributed by atoms with E-state index in [2.05, 4.69) is 0 Å². The van der Waals surface area contributed by atoms with E-state index < -0.39 is 0 Å². The third kappa shape index (κ3) is 3.49. The number of rotatable bonds is 5. The average Bonchev–Trinajstić information content (AvgIpc) is 2.68. The molecule has 106 valence electrons. The first-order chi connectivity index (χ1) is 8.90. The van der Waals surface area contributed by atoms with Gasteiger partial charge < -0.3 is 20.1 Å². The summed E-state index contributed by atoms with van der Waals surface area (Å²) in [6.07, 6.45) is 1.67. The van der Waals surface area contributed by atoms with E-state index in [4.69, 9.17) is 5.73 Å². The summed E-state index contributed by atoms with van der Waals surface area (Å²) in [5.41, 5.74) is 6.66. The Bertz CT molecular complexity index is 463. The van der Waals surface area contributed by atoms with Gasteiger partial charge in [0, 0.05) is 33.4 Å². The largest absolute Gasteiger partial charge is 0.397 e. The summed E-state index contributed by atoms with van der Waals surface area (Å²) in [6, 6.07) is 1.61. The smallest absolute Gasteiger partial charge is 0.270 e. The highest BCUT2D eigenvalue weighted by Gasteiger charge is 2.19. The number of nitrogens with zero attached hydrogens (tertiary/aromatic N) is 3. The molecule has 1 aromatic rings. The van der Waals surface area contributed by atoms with Crippen molar-refractivity contribution in [3.63, 3.8) is 0 Å². The summed E-state index contributed by atoms with van der Waals surface area (Å²) in [5.74, 6) is -0.261. The van der Waals surface area contributed by atoms with Gasteiger partial charge in [-0.05, 0) is 19.9 Å². The molecule has 0 spiro atoms. The molecule has 0 aliphatic carbocycles. The van der Waals surface area contributed by atoms with Gasteiger partial charge in [0.1, 0.15) is 5.69 Å². The van der Waals surface area contributed by atoms with Crippen molar-refractivity contribution in [2.45, 2.75) is 13.8 Å². The fourth-order valence-electron chi connectivity index (χ4n) is 1.95. The lowest BCUT2D eigenvalue weighted by atomic mass is 10.3. The van der Waals surface area contributed by atoms with Crippen molar-refractivity contribution in [3.8, 4) is 0 Å². The van der Waals surface area contributed by atoms with E-state index in [0.29, 0.717) is 24.5 Å². The molecule has 1 aromatic heterocycles. The summed E-state index contributed by atoms with van der Waals surface area (Å²) >= 11 is 0. The number of hydrogen-bond acceptors (Lipinski definition) is 3. The zero-order valence-electron chi connectivity index (χ0n) is 12.0. The molecule has 2 amide bonds. The highest BCUT2D eigenvalue weighted by Crippen LogP contribution is 2.11. The fraction of sp³-hybridized carbons (Fsp3) is 0.538. The summed E-state index contributed by atoms with van der Waals surface area (Å²) in [5, 5.41) is 0. The lowest BCUT2D eigenvalue weighted by molar-refractivity contribution is -0.131. The zero-order valence-corrected chi connectivity index (χ0v) is 12.0. The van der Waals surface area contributed by atoms with Crippen LogP contribution in [0.4, 0.5) is 5.69 Å². The van der Waals surface area contributed by atoms with Gasteiger partial charge in [-0.1, -0.05) is 0 Å². The first kappa shape index (κ1) is 15.1. The number of amides is 2. The summed E-state index contributed by atoms with van der Waals surface area (Å²) in [4.78, 5) is 27.2. The first-order valence-corrected chi connectivity index (χ1v) is 6.35. The summed E-state index contributed by atoms with van der Waals surface area (Å²) < 4.78 is 1.66. The van der Waals surface area contributed by atoms with Crippen molar-refractivity contribution in [2.75, 3.05) is 32.4 Å². The van der Waals surface area contributed by atoms with Gasteiger partial charge in [0.05, 0.1) is 12.2 Å². The van der Waals surface area contributed by atoms with Crippen molar-refractivity contribution >= 4 is 17.5 Å². The number of anilines is 1. The van der Waals surface area contributed by atoms with Crippen molar-refractivity contribution < 1.29 is 9.59 Å². The third-order valence-electron chi connectivity index (χ3n) is 3.08. The molecule has 0 saturated heterocycles. The maximum absolute atomic E-state index is 12.2. The number of carbonyl (C=O) groups excluding carboxylic acids is 2. The first-order valence-electron chi connectivity index (χ1n) is 6.35. The molecule has 6 nitrogen and oxygen atoms in total. The Morgan fingerprint density at radius 1 is 1.32 bits per heavy atom. The number of hydrogen-bond donors (Lipinski definition) is 1. The molecule has 0 saturated carbocycles. The van der Waals surface area contributed by atoms with E-state index in [1.807, 2.05) is 13.8 Å². The standard InChI is InChI=1S/C13H22N4O2/c1-5-17(6-2)12(18)9-16(4)13(19)11-7-10(14)8-15(11)3/h7-8H,5-6,9,14H2,1-4H3. The Balaban J connectivity index is 2.73. The highest BCUT2D eigenvalue weighted by atomic mass is 16.2. The van der Waals surface area contributed by atoms with Crippen LogP contribution in [-0.2, 0) is 11.8 Å². The zero-order chi connectivity index (χ0) is 14.6.